The maximum absolute atomic E-state index is 13.0. The normalized spacial score (nSPS) is 17.8. The fraction of sp³-hybridized carbons (Fsp3) is 0.391. The average Bonchev–Trinajstić information content (AvgIpc) is 3.16. The van der Waals surface area contributed by atoms with Gasteiger partial charge in [0.05, 0.1) is 11.2 Å². The number of rotatable bonds is 2. The largest absolute Gasteiger partial charge is 0.340 e. The highest BCUT2D eigenvalue weighted by Gasteiger charge is 2.29. The number of benzene rings is 1. The van der Waals surface area contributed by atoms with Gasteiger partial charge in [0, 0.05) is 44.5 Å². The summed E-state index contributed by atoms with van der Waals surface area (Å²) in [5, 5.41) is 5.77. The van der Waals surface area contributed by atoms with Crippen molar-refractivity contribution in [3.8, 4) is 0 Å². The summed E-state index contributed by atoms with van der Waals surface area (Å²) in [6, 6.07) is 13.6. The van der Waals surface area contributed by atoms with Crippen LogP contribution < -0.4 is 0 Å². The summed E-state index contributed by atoms with van der Waals surface area (Å²) in [6.07, 6.45) is 2.61. The summed E-state index contributed by atoms with van der Waals surface area (Å²) >= 11 is 0. The van der Waals surface area contributed by atoms with E-state index in [0.29, 0.717) is 24.5 Å². The number of aryl methyl sites for hydroxylation is 1. The Hall–Kier alpha value is -3.22. The molecule has 3 aromatic rings. The standard InChI is InChI=1S/C23H25N5O2/c1-26-11-4-12-28-21(23(26)30)15-20(25-28)17-9-13-27(14-10-17)22(29)19-8-7-16-5-2-3-6-18(16)24-19/h2-3,5-8,15,17H,4,9-14H2,1H3. The second-order valence-corrected chi connectivity index (χ2v) is 8.21. The molecule has 0 aliphatic carbocycles. The number of nitrogens with zero attached hydrogens (tertiary/aromatic N) is 5. The van der Waals surface area contributed by atoms with E-state index in [1.54, 1.807) is 4.90 Å². The molecule has 0 N–H and O–H groups in total. The van der Waals surface area contributed by atoms with Gasteiger partial charge in [-0.1, -0.05) is 24.3 Å². The predicted octanol–water partition coefficient (Wildman–Crippen LogP) is 2.93. The third-order valence-corrected chi connectivity index (χ3v) is 6.25. The van der Waals surface area contributed by atoms with Gasteiger partial charge in [-0.2, -0.15) is 5.10 Å². The van der Waals surface area contributed by atoms with Crippen LogP contribution in [0.4, 0.5) is 0 Å². The molecular weight excluding hydrogens is 378 g/mol. The number of hydrogen-bond donors (Lipinski definition) is 0. The lowest BCUT2D eigenvalue weighted by Crippen LogP contribution is -2.38. The number of para-hydroxylation sites is 1. The quantitative estimate of drug-likeness (QED) is 0.660. The minimum atomic E-state index is -0.0170. The van der Waals surface area contributed by atoms with Crippen LogP contribution in [0.15, 0.2) is 42.5 Å². The number of carbonyl (C=O) groups excluding carboxylic acids is 2. The number of fused-ring (bicyclic) bond motifs is 2. The number of amides is 2. The van der Waals surface area contributed by atoms with E-state index < -0.39 is 0 Å². The van der Waals surface area contributed by atoms with Gasteiger partial charge < -0.3 is 9.80 Å². The number of aromatic nitrogens is 3. The molecule has 154 valence electrons. The zero-order valence-electron chi connectivity index (χ0n) is 17.1. The molecule has 2 amide bonds. The summed E-state index contributed by atoms with van der Waals surface area (Å²) < 4.78 is 1.86. The molecule has 2 aliphatic heterocycles. The minimum absolute atomic E-state index is 0.0170. The van der Waals surface area contributed by atoms with Crippen LogP contribution in [0.1, 0.15) is 51.9 Å². The van der Waals surface area contributed by atoms with Gasteiger partial charge in [-0.15, -0.1) is 0 Å². The average molecular weight is 403 g/mol. The number of piperidine rings is 1. The van der Waals surface area contributed by atoms with Crippen molar-refractivity contribution in [2.75, 3.05) is 26.7 Å². The van der Waals surface area contributed by atoms with Crippen LogP contribution in [-0.2, 0) is 6.54 Å². The van der Waals surface area contributed by atoms with Crippen molar-refractivity contribution in [3.05, 3.63) is 59.5 Å². The first-order valence-electron chi connectivity index (χ1n) is 10.6. The van der Waals surface area contributed by atoms with E-state index in [2.05, 4.69) is 4.98 Å². The Kier molecular flexibility index (Phi) is 4.73. The Labute approximate surface area is 175 Å². The topological polar surface area (TPSA) is 71.3 Å². The van der Waals surface area contributed by atoms with Gasteiger partial charge >= 0.3 is 0 Å². The van der Waals surface area contributed by atoms with Crippen molar-refractivity contribution in [2.45, 2.75) is 31.7 Å². The van der Waals surface area contributed by atoms with E-state index in [1.807, 2.05) is 59.1 Å². The smallest absolute Gasteiger partial charge is 0.272 e. The van der Waals surface area contributed by atoms with Gasteiger partial charge in [0.2, 0.25) is 0 Å². The maximum atomic E-state index is 13.0. The third-order valence-electron chi connectivity index (χ3n) is 6.25. The molecule has 0 saturated carbocycles. The van der Waals surface area contributed by atoms with Gasteiger partial charge in [0.25, 0.3) is 11.8 Å². The van der Waals surface area contributed by atoms with Gasteiger partial charge in [-0.3, -0.25) is 14.3 Å². The van der Waals surface area contributed by atoms with Gasteiger partial charge in [0.15, 0.2) is 0 Å². The fourth-order valence-corrected chi connectivity index (χ4v) is 4.46. The molecule has 7 nitrogen and oxygen atoms in total. The summed E-state index contributed by atoms with van der Waals surface area (Å²) in [5.41, 5.74) is 3.00. The second kappa shape index (κ2) is 7.55. The van der Waals surface area contributed by atoms with E-state index in [0.717, 1.165) is 48.9 Å². The lowest BCUT2D eigenvalue weighted by atomic mass is 9.93. The highest BCUT2D eigenvalue weighted by atomic mass is 16.2. The molecule has 1 saturated heterocycles. The Morgan fingerprint density at radius 3 is 2.67 bits per heavy atom. The van der Waals surface area contributed by atoms with Crippen molar-refractivity contribution in [1.82, 2.24) is 24.6 Å². The van der Waals surface area contributed by atoms with Crippen LogP contribution in [-0.4, -0.2) is 63.1 Å². The second-order valence-electron chi connectivity index (χ2n) is 8.21. The van der Waals surface area contributed by atoms with Crippen molar-refractivity contribution < 1.29 is 9.59 Å². The van der Waals surface area contributed by atoms with Gasteiger partial charge in [-0.25, -0.2) is 4.98 Å². The first-order chi connectivity index (χ1) is 14.6. The molecule has 1 fully saturated rings. The molecule has 0 spiro atoms. The molecule has 1 aromatic carbocycles. The summed E-state index contributed by atoms with van der Waals surface area (Å²) in [4.78, 5) is 33.7. The van der Waals surface area contributed by atoms with Crippen molar-refractivity contribution >= 4 is 22.7 Å². The third kappa shape index (κ3) is 3.34. The lowest BCUT2D eigenvalue weighted by Gasteiger charge is -2.31. The highest BCUT2D eigenvalue weighted by molar-refractivity contribution is 5.95. The first-order valence-corrected chi connectivity index (χ1v) is 10.6. The Morgan fingerprint density at radius 1 is 1.03 bits per heavy atom. The molecule has 2 aliphatic rings. The highest BCUT2D eigenvalue weighted by Crippen LogP contribution is 2.29. The Balaban J connectivity index is 1.28. The molecule has 5 rings (SSSR count). The van der Waals surface area contributed by atoms with Crippen molar-refractivity contribution in [3.63, 3.8) is 0 Å². The zero-order chi connectivity index (χ0) is 20.7. The minimum Gasteiger partial charge on any atom is -0.340 e. The Morgan fingerprint density at radius 2 is 1.83 bits per heavy atom. The number of pyridine rings is 1. The molecule has 0 atom stereocenters. The molecule has 0 radical (unpaired) electrons. The zero-order valence-corrected chi connectivity index (χ0v) is 17.1. The Bertz CT molecular complexity index is 1110. The lowest BCUT2D eigenvalue weighted by molar-refractivity contribution is 0.0706. The molecule has 0 unspecified atom stereocenters. The summed E-state index contributed by atoms with van der Waals surface area (Å²) in [7, 11) is 1.84. The predicted molar refractivity (Wildman–Crippen MR) is 113 cm³/mol. The maximum Gasteiger partial charge on any atom is 0.272 e. The molecule has 0 bridgehead atoms. The van der Waals surface area contributed by atoms with Crippen LogP contribution >= 0.6 is 0 Å². The molecule has 30 heavy (non-hydrogen) atoms. The van der Waals surface area contributed by atoms with E-state index in [9.17, 15) is 9.59 Å². The number of carbonyl (C=O) groups is 2. The van der Waals surface area contributed by atoms with Crippen LogP contribution in [0, 0.1) is 0 Å². The fourth-order valence-electron chi connectivity index (χ4n) is 4.46. The van der Waals surface area contributed by atoms with E-state index in [1.165, 1.54) is 0 Å². The molecule has 7 heteroatoms. The van der Waals surface area contributed by atoms with Crippen LogP contribution in [0.5, 0.6) is 0 Å². The van der Waals surface area contributed by atoms with E-state index in [-0.39, 0.29) is 17.7 Å². The molecular formula is C23H25N5O2. The molecule has 2 aromatic heterocycles. The number of hydrogen-bond acceptors (Lipinski definition) is 4. The van der Waals surface area contributed by atoms with Crippen LogP contribution in [0.2, 0.25) is 0 Å². The number of likely N-dealkylation sites (tertiary alicyclic amines) is 1. The summed E-state index contributed by atoms with van der Waals surface area (Å²) in [6.45, 7) is 2.89. The van der Waals surface area contributed by atoms with E-state index >= 15 is 0 Å². The summed E-state index contributed by atoms with van der Waals surface area (Å²) in [5.74, 6) is 0.300. The van der Waals surface area contributed by atoms with Crippen LogP contribution in [0.25, 0.3) is 10.9 Å². The van der Waals surface area contributed by atoms with Crippen molar-refractivity contribution in [1.29, 1.82) is 0 Å². The monoisotopic (exact) mass is 403 g/mol. The van der Waals surface area contributed by atoms with Crippen LogP contribution in [0.3, 0.4) is 0 Å². The molecule has 4 heterocycles. The van der Waals surface area contributed by atoms with Gasteiger partial charge in [-0.05, 0) is 37.5 Å². The first kappa shape index (κ1) is 18.8. The van der Waals surface area contributed by atoms with Crippen molar-refractivity contribution in [2.24, 2.45) is 0 Å². The van der Waals surface area contributed by atoms with Gasteiger partial charge in [0.1, 0.15) is 11.4 Å². The van der Waals surface area contributed by atoms with E-state index in [4.69, 9.17) is 5.10 Å². The SMILES string of the molecule is CN1CCCn2nc(C3CCN(C(=O)c4ccc5ccccc5n4)CC3)cc2C1=O.